The molecule has 1 saturated heterocycles. The molecule has 1 fully saturated rings. The van der Waals surface area contributed by atoms with Gasteiger partial charge in [0.2, 0.25) is 0 Å². The Morgan fingerprint density at radius 2 is 1.67 bits per heavy atom. The number of rotatable bonds is 4. The van der Waals surface area contributed by atoms with Crippen LogP contribution in [0.5, 0.6) is 0 Å². The van der Waals surface area contributed by atoms with Gasteiger partial charge >= 0.3 is 0 Å². The lowest BCUT2D eigenvalue weighted by atomic mass is 9.95. The van der Waals surface area contributed by atoms with Crippen molar-refractivity contribution in [2.75, 3.05) is 32.2 Å². The molecule has 0 aliphatic carbocycles. The van der Waals surface area contributed by atoms with Gasteiger partial charge in [0.1, 0.15) is 5.82 Å². The Hall–Kier alpha value is -1.13. The Bertz CT molecular complexity index is 357. The van der Waals surface area contributed by atoms with Crippen molar-refractivity contribution in [2.45, 2.75) is 19.1 Å². The van der Waals surface area contributed by atoms with Crippen LogP contribution in [0.3, 0.4) is 0 Å². The Balaban J connectivity index is 1.92. The van der Waals surface area contributed by atoms with Gasteiger partial charge in [-0.2, -0.15) is 0 Å². The standard InChI is InChI=1S/C14H20FNO2/c1-17-14(18-2)11-7-9-16(10-8-11)13-5-3-12(15)4-6-13/h3-6,11,14H,7-10H2,1-2H3. The molecular weight excluding hydrogens is 233 g/mol. The number of halogens is 1. The number of nitrogens with zero attached hydrogens (tertiary/aromatic N) is 1. The predicted octanol–water partition coefficient (Wildman–Crippen LogP) is 2.66. The number of anilines is 1. The van der Waals surface area contributed by atoms with Crippen molar-refractivity contribution in [3.8, 4) is 0 Å². The lowest BCUT2D eigenvalue weighted by Crippen LogP contribution is -2.39. The number of hydrogen-bond acceptors (Lipinski definition) is 3. The van der Waals surface area contributed by atoms with Crippen molar-refractivity contribution in [3.63, 3.8) is 0 Å². The number of ether oxygens (including phenoxy) is 2. The van der Waals surface area contributed by atoms with Crippen molar-refractivity contribution >= 4 is 5.69 Å². The Morgan fingerprint density at radius 3 is 2.17 bits per heavy atom. The van der Waals surface area contributed by atoms with E-state index >= 15 is 0 Å². The van der Waals surface area contributed by atoms with E-state index in [0.29, 0.717) is 5.92 Å². The molecule has 0 amide bonds. The zero-order valence-corrected chi connectivity index (χ0v) is 10.9. The fraction of sp³-hybridized carbons (Fsp3) is 0.571. The zero-order chi connectivity index (χ0) is 13.0. The van der Waals surface area contributed by atoms with Gasteiger partial charge in [-0.25, -0.2) is 4.39 Å². The molecule has 0 spiro atoms. The summed E-state index contributed by atoms with van der Waals surface area (Å²) in [5.41, 5.74) is 1.08. The minimum atomic E-state index is -0.188. The lowest BCUT2D eigenvalue weighted by molar-refractivity contribution is -0.141. The summed E-state index contributed by atoms with van der Waals surface area (Å²) in [6, 6.07) is 6.68. The molecule has 0 unspecified atom stereocenters. The van der Waals surface area contributed by atoms with E-state index in [1.54, 1.807) is 14.2 Å². The fourth-order valence-electron chi connectivity index (χ4n) is 2.56. The largest absolute Gasteiger partial charge is 0.372 e. The van der Waals surface area contributed by atoms with Gasteiger partial charge in [-0.15, -0.1) is 0 Å². The number of methoxy groups -OCH3 is 2. The first-order valence-corrected chi connectivity index (χ1v) is 6.30. The quantitative estimate of drug-likeness (QED) is 0.770. The summed E-state index contributed by atoms with van der Waals surface area (Å²) in [6.45, 7) is 1.92. The third-order valence-electron chi connectivity index (χ3n) is 3.58. The van der Waals surface area contributed by atoms with Crippen molar-refractivity contribution in [3.05, 3.63) is 30.1 Å². The number of piperidine rings is 1. The molecule has 1 aromatic carbocycles. The van der Waals surface area contributed by atoms with E-state index in [-0.39, 0.29) is 12.1 Å². The van der Waals surface area contributed by atoms with Crippen LogP contribution in [-0.2, 0) is 9.47 Å². The van der Waals surface area contributed by atoms with Crippen molar-refractivity contribution in [2.24, 2.45) is 5.92 Å². The summed E-state index contributed by atoms with van der Waals surface area (Å²) >= 11 is 0. The fourth-order valence-corrected chi connectivity index (χ4v) is 2.56. The summed E-state index contributed by atoms with van der Waals surface area (Å²) in [5, 5.41) is 0. The van der Waals surface area contributed by atoms with Gasteiger partial charge in [0.25, 0.3) is 0 Å². The molecule has 100 valence electrons. The lowest BCUT2D eigenvalue weighted by Gasteiger charge is -2.36. The minimum Gasteiger partial charge on any atom is -0.372 e. The van der Waals surface area contributed by atoms with Crippen LogP contribution in [0.4, 0.5) is 10.1 Å². The van der Waals surface area contributed by atoms with Gasteiger partial charge in [-0.1, -0.05) is 0 Å². The van der Waals surface area contributed by atoms with Gasteiger partial charge in [-0.05, 0) is 37.1 Å². The third-order valence-corrected chi connectivity index (χ3v) is 3.58. The highest BCUT2D eigenvalue weighted by Gasteiger charge is 2.26. The summed E-state index contributed by atoms with van der Waals surface area (Å²) < 4.78 is 23.5. The molecule has 4 heteroatoms. The molecule has 3 nitrogen and oxygen atoms in total. The molecule has 0 bridgehead atoms. The Kier molecular flexibility index (Phi) is 4.55. The van der Waals surface area contributed by atoms with Crippen LogP contribution >= 0.6 is 0 Å². The first-order valence-electron chi connectivity index (χ1n) is 6.30. The van der Waals surface area contributed by atoms with E-state index in [9.17, 15) is 4.39 Å². The highest BCUT2D eigenvalue weighted by molar-refractivity contribution is 5.46. The van der Waals surface area contributed by atoms with Crippen LogP contribution in [0.1, 0.15) is 12.8 Å². The van der Waals surface area contributed by atoms with E-state index < -0.39 is 0 Å². The van der Waals surface area contributed by atoms with Gasteiger partial charge in [0, 0.05) is 38.9 Å². The van der Waals surface area contributed by atoms with Gasteiger partial charge in [-0.3, -0.25) is 0 Å². The van der Waals surface area contributed by atoms with Gasteiger partial charge in [0.05, 0.1) is 0 Å². The van der Waals surface area contributed by atoms with Crippen molar-refractivity contribution in [1.82, 2.24) is 0 Å². The molecule has 18 heavy (non-hydrogen) atoms. The average Bonchev–Trinajstić information content (AvgIpc) is 2.42. The molecular formula is C14H20FNO2. The Labute approximate surface area is 107 Å². The molecule has 1 aliphatic heterocycles. The molecule has 0 N–H and O–H groups in total. The second-order valence-corrected chi connectivity index (χ2v) is 4.64. The number of hydrogen-bond donors (Lipinski definition) is 0. The SMILES string of the molecule is COC(OC)C1CCN(c2ccc(F)cc2)CC1. The molecule has 1 aromatic rings. The maximum atomic E-state index is 12.9. The normalized spacial score (nSPS) is 17.4. The van der Waals surface area contributed by atoms with E-state index in [4.69, 9.17) is 9.47 Å². The van der Waals surface area contributed by atoms with E-state index in [1.807, 2.05) is 12.1 Å². The van der Waals surface area contributed by atoms with Crippen LogP contribution in [0.25, 0.3) is 0 Å². The molecule has 0 radical (unpaired) electrons. The highest BCUT2D eigenvalue weighted by Crippen LogP contribution is 2.26. The van der Waals surface area contributed by atoms with Gasteiger partial charge < -0.3 is 14.4 Å². The first kappa shape index (κ1) is 13.3. The zero-order valence-electron chi connectivity index (χ0n) is 10.9. The molecule has 0 atom stereocenters. The Morgan fingerprint density at radius 1 is 1.11 bits per heavy atom. The summed E-state index contributed by atoms with van der Waals surface area (Å²) in [5.74, 6) is 0.254. The van der Waals surface area contributed by atoms with Crippen LogP contribution in [-0.4, -0.2) is 33.6 Å². The minimum absolute atomic E-state index is 0.111. The molecule has 2 rings (SSSR count). The topological polar surface area (TPSA) is 21.7 Å². The van der Waals surface area contributed by atoms with Crippen LogP contribution in [0, 0.1) is 11.7 Å². The molecule has 1 heterocycles. The summed E-state index contributed by atoms with van der Waals surface area (Å²) in [7, 11) is 3.36. The van der Waals surface area contributed by atoms with E-state index in [2.05, 4.69) is 4.90 Å². The monoisotopic (exact) mass is 253 g/mol. The highest BCUT2D eigenvalue weighted by atomic mass is 19.1. The maximum Gasteiger partial charge on any atom is 0.159 e. The first-order chi connectivity index (χ1) is 8.74. The molecule has 1 aliphatic rings. The second-order valence-electron chi connectivity index (χ2n) is 4.64. The van der Waals surface area contributed by atoms with Gasteiger partial charge in [0.15, 0.2) is 6.29 Å². The van der Waals surface area contributed by atoms with Crippen LogP contribution in [0.15, 0.2) is 24.3 Å². The summed E-state index contributed by atoms with van der Waals surface area (Å²) in [6.07, 6.45) is 1.95. The van der Waals surface area contributed by atoms with Crippen LogP contribution in [0.2, 0.25) is 0 Å². The predicted molar refractivity (Wildman–Crippen MR) is 69.1 cm³/mol. The molecule has 0 aromatic heterocycles. The second kappa shape index (κ2) is 6.16. The maximum absolute atomic E-state index is 12.9. The van der Waals surface area contributed by atoms with Crippen molar-refractivity contribution < 1.29 is 13.9 Å². The molecule has 0 saturated carbocycles. The van der Waals surface area contributed by atoms with Crippen LogP contribution < -0.4 is 4.90 Å². The number of benzene rings is 1. The smallest absolute Gasteiger partial charge is 0.159 e. The third kappa shape index (κ3) is 3.00. The average molecular weight is 253 g/mol. The summed E-state index contributed by atoms with van der Waals surface area (Å²) in [4.78, 5) is 2.28. The van der Waals surface area contributed by atoms with E-state index in [1.165, 1.54) is 12.1 Å². The van der Waals surface area contributed by atoms with Crippen molar-refractivity contribution in [1.29, 1.82) is 0 Å². The van der Waals surface area contributed by atoms with E-state index in [0.717, 1.165) is 31.6 Å².